The number of hydrogen-bond donors (Lipinski definition) is 2. The van der Waals surface area contributed by atoms with E-state index in [4.69, 9.17) is 0 Å². The van der Waals surface area contributed by atoms with Gasteiger partial charge in [-0.1, -0.05) is 13.3 Å². The van der Waals surface area contributed by atoms with Gasteiger partial charge < -0.3 is 15.3 Å². The van der Waals surface area contributed by atoms with Gasteiger partial charge in [-0.15, -0.1) is 0 Å². The first-order valence-corrected chi connectivity index (χ1v) is 8.27. The van der Waals surface area contributed by atoms with Gasteiger partial charge in [0.25, 0.3) is 0 Å². The topological polar surface area (TPSA) is 52.6 Å². The van der Waals surface area contributed by atoms with Crippen LogP contribution in [-0.2, 0) is 4.79 Å². The highest BCUT2D eigenvalue weighted by atomic mass is 16.4. The number of aliphatic carboxylic acids is 1. The van der Waals surface area contributed by atoms with Crippen molar-refractivity contribution in [1.29, 1.82) is 0 Å². The fourth-order valence-electron chi connectivity index (χ4n) is 3.80. The second kappa shape index (κ2) is 6.90. The molecule has 0 aromatic heterocycles. The zero-order valence-corrected chi connectivity index (χ0v) is 13.0. The quantitative estimate of drug-likeness (QED) is 0.681. The Labute approximate surface area is 122 Å². The second-order valence-electron chi connectivity index (χ2n) is 6.65. The lowest BCUT2D eigenvalue weighted by Gasteiger charge is -2.32. The molecule has 2 N–H and O–H groups in total. The molecule has 0 aliphatic heterocycles. The molecule has 4 heteroatoms. The van der Waals surface area contributed by atoms with Gasteiger partial charge in [0.1, 0.15) is 5.54 Å². The molecule has 2 rings (SSSR count). The summed E-state index contributed by atoms with van der Waals surface area (Å²) in [4.78, 5) is 14.2. The van der Waals surface area contributed by atoms with E-state index in [0.29, 0.717) is 0 Å². The SMILES string of the molecule is CCCN(CCC1CCCC1(NC)C(=O)O)CC1CC1. The normalized spacial score (nSPS) is 30.1. The maximum absolute atomic E-state index is 11.6. The minimum atomic E-state index is -0.669. The highest BCUT2D eigenvalue weighted by molar-refractivity contribution is 5.79. The van der Waals surface area contributed by atoms with Crippen LogP contribution < -0.4 is 5.32 Å². The average molecular weight is 282 g/mol. The van der Waals surface area contributed by atoms with E-state index in [1.54, 1.807) is 7.05 Å². The highest BCUT2D eigenvalue weighted by Crippen LogP contribution is 2.38. The van der Waals surface area contributed by atoms with Gasteiger partial charge in [-0.05, 0) is 70.5 Å². The van der Waals surface area contributed by atoms with Gasteiger partial charge >= 0.3 is 5.97 Å². The van der Waals surface area contributed by atoms with Crippen molar-refractivity contribution in [3.05, 3.63) is 0 Å². The number of carbonyl (C=O) groups is 1. The molecule has 0 heterocycles. The van der Waals surface area contributed by atoms with Crippen LogP contribution in [-0.4, -0.2) is 48.2 Å². The van der Waals surface area contributed by atoms with E-state index in [0.717, 1.165) is 44.7 Å². The smallest absolute Gasteiger partial charge is 0.324 e. The molecule has 2 atom stereocenters. The van der Waals surface area contributed by atoms with E-state index in [1.165, 1.54) is 25.8 Å². The third kappa shape index (κ3) is 3.53. The Morgan fingerprint density at radius 3 is 2.65 bits per heavy atom. The van der Waals surface area contributed by atoms with Crippen molar-refractivity contribution < 1.29 is 9.90 Å². The molecule has 116 valence electrons. The van der Waals surface area contributed by atoms with Gasteiger partial charge in [0.15, 0.2) is 0 Å². The summed E-state index contributed by atoms with van der Waals surface area (Å²) in [5.74, 6) is 0.536. The second-order valence-corrected chi connectivity index (χ2v) is 6.65. The molecule has 0 aromatic carbocycles. The number of carboxylic acid groups (broad SMARTS) is 1. The lowest BCUT2D eigenvalue weighted by Crippen LogP contribution is -2.53. The fraction of sp³-hybridized carbons (Fsp3) is 0.938. The number of nitrogens with zero attached hydrogens (tertiary/aromatic N) is 1. The van der Waals surface area contributed by atoms with E-state index in [1.807, 2.05) is 0 Å². The van der Waals surface area contributed by atoms with Crippen LogP contribution in [0.2, 0.25) is 0 Å². The van der Waals surface area contributed by atoms with Crippen LogP contribution in [0.1, 0.15) is 51.9 Å². The lowest BCUT2D eigenvalue weighted by atomic mass is 9.84. The van der Waals surface area contributed by atoms with E-state index < -0.39 is 11.5 Å². The monoisotopic (exact) mass is 282 g/mol. The molecule has 2 saturated carbocycles. The Morgan fingerprint density at radius 2 is 2.10 bits per heavy atom. The molecule has 2 fully saturated rings. The molecule has 0 bridgehead atoms. The molecule has 20 heavy (non-hydrogen) atoms. The van der Waals surface area contributed by atoms with Crippen LogP contribution in [0, 0.1) is 11.8 Å². The largest absolute Gasteiger partial charge is 0.480 e. The third-order valence-electron chi connectivity index (χ3n) is 5.20. The zero-order valence-electron chi connectivity index (χ0n) is 13.0. The summed E-state index contributed by atoms with van der Waals surface area (Å²) in [6.07, 6.45) is 7.84. The van der Waals surface area contributed by atoms with Crippen LogP contribution >= 0.6 is 0 Å². The number of likely N-dealkylation sites (N-methyl/N-ethyl adjacent to an activating group) is 1. The van der Waals surface area contributed by atoms with Crippen molar-refractivity contribution in [3.8, 4) is 0 Å². The lowest BCUT2D eigenvalue weighted by molar-refractivity contribution is -0.146. The Hall–Kier alpha value is -0.610. The number of hydrogen-bond acceptors (Lipinski definition) is 3. The minimum absolute atomic E-state index is 0.281. The summed E-state index contributed by atoms with van der Waals surface area (Å²) >= 11 is 0. The molecule has 4 nitrogen and oxygen atoms in total. The van der Waals surface area contributed by atoms with E-state index in [2.05, 4.69) is 17.1 Å². The molecule has 0 saturated heterocycles. The summed E-state index contributed by atoms with van der Waals surface area (Å²) in [5, 5.41) is 12.7. The van der Waals surface area contributed by atoms with Crippen LogP contribution in [0.5, 0.6) is 0 Å². The number of rotatable bonds is 9. The Kier molecular flexibility index (Phi) is 5.44. The molecule has 0 aromatic rings. The predicted octanol–water partition coefficient (Wildman–Crippen LogP) is 2.34. The van der Waals surface area contributed by atoms with E-state index in [9.17, 15) is 9.90 Å². The van der Waals surface area contributed by atoms with Crippen LogP contribution in [0.3, 0.4) is 0 Å². The minimum Gasteiger partial charge on any atom is -0.480 e. The fourth-order valence-corrected chi connectivity index (χ4v) is 3.80. The first-order chi connectivity index (χ1) is 9.62. The Bertz CT molecular complexity index is 330. The van der Waals surface area contributed by atoms with E-state index in [-0.39, 0.29) is 5.92 Å². The maximum Gasteiger partial charge on any atom is 0.324 e. The van der Waals surface area contributed by atoms with Crippen molar-refractivity contribution >= 4 is 5.97 Å². The van der Waals surface area contributed by atoms with Gasteiger partial charge in [0.05, 0.1) is 0 Å². The highest BCUT2D eigenvalue weighted by Gasteiger charge is 2.47. The maximum atomic E-state index is 11.6. The number of carboxylic acids is 1. The first-order valence-electron chi connectivity index (χ1n) is 8.27. The van der Waals surface area contributed by atoms with Gasteiger partial charge in [-0.25, -0.2) is 0 Å². The Balaban J connectivity index is 1.88. The van der Waals surface area contributed by atoms with Crippen molar-refractivity contribution in [2.45, 2.75) is 57.4 Å². The van der Waals surface area contributed by atoms with Crippen molar-refractivity contribution in [3.63, 3.8) is 0 Å². The predicted molar refractivity (Wildman–Crippen MR) is 80.8 cm³/mol. The van der Waals surface area contributed by atoms with Gasteiger partial charge in [-0.2, -0.15) is 0 Å². The molecule has 2 aliphatic carbocycles. The van der Waals surface area contributed by atoms with Gasteiger partial charge in [-0.3, -0.25) is 4.79 Å². The van der Waals surface area contributed by atoms with Gasteiger partial charge in [0.2, 0.25) is 0 Å². The first kappa shape index (κ1) is 15.8. The van der Waals surface area contributed by atoms with Crippen LogP contribution in [0.25, 0.3) is 0 Å². The van der Waals surface area contributed by atoms with Crippen LogP contribution in [0.4, 0.5) is 0 Å². The zero-order chi connectivity index (χ0) is 14.6. The molecular formula is C16H30N2O2. The van der Waals surface area contributed by atoms with Crippen molar-refractivity contribution in [2.24, 2.45) is 11.8 Å². The van der Waals surface area contributed by atoms with Crippen molar-refractivity contribution in [1.82, 2.24) is 10.2 Å². The summed E-state index contributed by atoms with van der Waals surface area (Å²) in [5.41, 5.74) is -0.669. The molecule has 0 amide bonds. The van der Waals surface area contributed by atoms with Crippen LogP contribution in [0.15, 0.2) is 0 Å². The van der Waals surface area contributed by atoms with E-state index >= 15 is 0 Å². The third-order valence-corrected chi connectivity index (χ3v) is 5.20. The average Bonchev–Trinajstić information content (AvgIpc) is 3.13. The number of nitrogens with one attached hydrogen (secondary N) is 1. The standard InChI is InChI=1S/C16H30N2O2/c1-3-10-18(12-13-6-7-13)11-8-14-5-4-9-16(14,17-2)15(19)20/h13-14,17H,3-12H2,1-2H3,(H,19,20). The van der Waals surface area contributed by atoms with Crippen molar-refractivity contribution in [2.75, 3.05) is 26.7 Å². The molecule has 0 spiro atoms. The molecule has 0 radical (unpaired) electrons. The van der Waals surface area contributed by atoms with Gasteiger partial charge in [0, 0.05) is 6.54 Å². The molecular weight excluding hydrogens is 252 g/mol. The molecule has 2 aliphatic rings. The summed E-state index contributed by atoms with van der Waals surface area (Å²) in [7, 11) is 1.81. The summed E-state index contributed by atoms with van der Waals surface area (Å²) in [6.45, 7) is 5.67. The summed E-state index contributed by atoms with van der Waals surface area (Å²) in [6, 6.07) is 0. The Morgan fingerprint density at radius 1 is 1.35 bits per heavy atom. The summed E-state index contributed by atoms with van der Waals surface area (Å²) < 4.78 is 0. The molecule has 2 unspecified atom stereocenters.